The zero-order valence-corrected chi connectivity index (χ0v) is 14.5. The fraction of sp³-hybridized carbons (Fsp3) is 0.211. The van der Waals surface area contributed by atoms with Gasteiger partial charge in [-0.15, -0.1) is 0 Å². The fourth-order valence-corrected chi connectivity index (χ4v) is 2.69. The summed E-state index contributed by atoms with van der Waals surface area (Å²) >= 11 is 6.12. The molecule has 2 aromatic carbocycles. The van der Waals surface area contributed by atoms with Gasteiger partial charge >= 0.3 is 0 Å². The second-order valence-electron chi connectivity index (χ2n) is 5.85. The van der Waals surface area contributed by atoms with Crippen LogP contribution in [0, 0.1) is 0 Å². The maximum Gasteiger partial charge on any atom is 0.262 e. The lowest BCUT2D eigenvalue weighted by molar-refractivity contribution is 0.0964. The van der Waals surface area contributed by atoms with Crippen molar-refractivity contribution in [3.63, 3.8) is 0 Å². The topological polar surface area (TPSA) is 34.5 Å². The van der Waals surface area contributed by atoms with Gasteiger partial charge in [-0.05, 0) is 44.4 Å². The van der Waals surface area contributed by atoms with Gasteiger partial charge in [0.2, 0.25) is 0 Å². The van der Waals surface area contributed by atoms with Crippen molar-refractivity contribution in [1.29, 1.82) is 0 Å². The van der Waals surface area contributed by atoms with Crippen LogP contribution < -0.4 is 4.74 Å². The molecule has 0 aliphatic carbocycles. The summed E-state index contributed by atoms with van der Waals surface area (Å²) in [5, 5.41) is 1.45. The Morgan fingerprint density at radius 3 is 2.62 bits per heavy atom. The van der Waals surface area contributed by atoms with Crippen LogP contribution in [-0.2, 0) is 0 Å². The van der Waals surface area contributed by atoms with Gasteiger partial charge < -0.3 is 9.64 Å². The highest BCUT2D eigenvalue weighted by molar-refractivity contribution is 6.31. The first-order valence-corrected chi connectivity index (χ1v) is 8.12. The number of hydrogen-bond donors (Lipinski definition) is 0. The fourth-order valence-electron chi connectivity index (χ4n) is 2.51. The number of hydrogen-bond acceptors (Lipinski definition) is 3. The SMILES string of the molecule is CN(C)CCOc1cn(C(=O)c2ccccc2)c2ccc(Cl)cc12. The number of fused-ring (bicyclic) bond motifs is 1. The largest absolute Gasteiger partial charge is 0.490 e. The molecule has 0 N–H and O–H groups in total. The molecule has 5 heteroatoms. The summed E-state index contributed by atoms with van der Waals surface area (Å²) in [7, 11) is 3.98. The number of benzene rings is 2. The molecule has 124 valence electrons. The number of ether oxygens (including phenoxy) is 1. The summed E-state index contributed by atoms with van der Waals surface area (Å²) in [4.78, 5) is 14.8. The van der Waals surface area contributed by atoms with E-state index in [2.05, 4.69) is 0 Å². The molecule has 0 saturated carbocycles. The molecule has 0 radical (unpaired) electrons. The van der Waals surface area contributed by atoms with Crippen LogP contribution in [0.2, 0.25) is 5.02 Å². The molecule has 0 saturated heterocycles. The molecule has 0 atom stereocenters. The highest BCUT2D eigenvalue weighted by Crippen LogP contribution is 2.31. The van der Waals surface area contributed by atoms with Crippen molar-refractivity contribution in [2.24, 2.45) is 0 Å². The van der Waals surface area contributed by atoms with E-state index in [4.69, 9.17) is 16.3 Å². The van der Waals surface area contributed by atoms with Crippen LogP contribution in [-0.4, -0.2) is 42.6 Å². The van der Waals surface area contributed by atoms with Crippen LogP contribution in [0.3, 0.4) is 0 Å². The van der Waals surface area contributed by atoms with Gasteiger partial charge in [0.15, 0.2) is 0 Å². The van der Waals surface area contributed by atoms with Gasteiger partial charge in [0.25, 0.3) is 5.91 Å². The highest BCUT2D eigenvalue weighted by atomic mass is 35.5. The summed E-state index contributed by atoms with van der Waals surface area (Å²) in [5.74, 6) is 0.573. The number of nitrogens with zero attached hydrogens (tertiary/aromatic N) is 2. The Kier molecular flexibility index (Phi) is 4.88. The molecular formula is C19H19ClN2O2. The number of halogens is 1. The van der Waals surface area contributed by atoms with Crippen LogP contribution in [0.1, 0.15) is 10.4 Å². The molecule has 0 bridgehead atoms. The van der Waals surface area contributed by atoms with Crippen molar-refractivity contribution in [3.05, 3.63) is 65.3 Å². The smallest absolute Gasteiger partial charge is 0.262 e. The van der Waals surface area contributed by atoms with E-state index in [0.717, 1.165) is 17.4 Å². The van der Waals surface area contributed by atoms with Gasteiger partial charge in [-0.1, -0.05) is 29.8 Å². The van der Waals surface area contributed by atoms with Gasteiger partial charge in [0.05, 0.1) is 11.7 Å². The van der Waals surface area contributed by atoms with E-state index in [1.165, 1.54) is 0 Å². The number of carbonyl (C=O) groups excluding carboxylic acids is 1. The summed E-state index contributed by atoms with van der Waals surface area (Å²) in [6.45, 7) is 1.33. The maximum absolute atomic E-state index is 12.8. The van der Waals surface area contributed by atoms with Crippen LogP contribution in [0.4, 0.5) is 0 Å². The van der Waals surface area contributed by atoms with E-state index in [1.807, 2.05) is 49.3 Å². The van der Waals surface area contributed by atoms with Gasteiger partial charge in [0.1, 0.15) is 12.4 Å². The van der Waals surface area contributed by atoms with Crippen LogP contribution in [0.25, 0.3) is 10.9 Å². The molecule has 0 fully saturated rings. The second kappa shape index (κ2) is 7.07. The quantitative estimate of drug-likeness (QED) is 0.704. The zero-order chi connectivity index (χ0) is 17.1. The van der Waals surface area contributed by atoms with Gasteiger partial charge in [0, 0.05) is 22.5 Å². The number of aromatic nitrogens is 1. The molecule has 24 heavy (non-hydrogen) atoms. The molecule has 0 spiro atoms. The molecular weight excluding hydrogens is 324 g/mol. The Hall–Kier alpha value is -2.30. The summed E-state index contributed by atoms with van der Waals surface area (Å²) in [6.07, 6.45) is 1.74. The Morgan fingerprint density at radius 1 is 1.17 bits per heavy atom. The monoisotopic (exact) mass is 342 g/mol. The van der Waals surface area contributed by atoms with E-state index in [0.29, 0.717) is 22.9 Å². The number of rotatable bonds is 5. The third-order valence-electron chi connectivity index (χ3n) is 3.77. The first kappa shape index (κ1) is 16.6. The summed E-state index contributed by atoms with van der Waals surface area (Å²) in [6, 6.07) is 14.7. The predicted molar refractivity (Wildman–Crippen MR) is 97.2 cm³/mol. The third kappa shape index (κ3) is 3.45. The summed E-state index contributed by atoms with van der Waals surface area (Å²) < 4.78 is 7.50. The number of carbonyl (C=O) groups is 1. The average molecular weight is 343 g/mol. The van der Waals surface area contributed by atoms with Crippen LogP contribution >= 0.6 is 11.6 Å². The van der Waals surface area contributed by atoms with E-state index >= 15 is 0 Å². The molecule has 1 aromatic heterocycles. The molecule has 0 aliphatic rings. The van der Waals surface area contributed by atoms with Crippen molar-refractivity contribution in [2.75, 3.05) is 27.2 Å². The average Bonchev–Trinajstić information content (AvgIpc) is 2.92. The first-order valence-electron chi connectivity index (χ1n) is 7.74. The molecule has 1 heterocycles. The molecule has 3 aromatic rings. The Morgan fingerprint density at radius 2 is 1.92 bits per heavy atom. The normalized spacial score (nSPS) is 11.2. The molecule has 0 amide bonds. The van der Waals surface area contributed by atoms with Crippen LogP contribution in [0.15, 0.2) is 54.7 Å². The van der Waals surface area contributed by atoms with Crippen molar-refractivity contribution in [2.45, 2.75) is 0 Å². The third-order valence-corrected chi connectivity index (χ3v) is 4.00. The minimum atomic E-state index is -0.0922. The van der Waals surface area contributed by atoms with E-state index < -0.39 is 0 Å². The maximum atomic E-state index is 12.8. The summed E-state index contributed by atoms with van der Waals surface area (Å²) in [5.41, 5.74) is 1.41. The van der Waals surface area contributed by atoms with Crippen molar-refractivity contribution < 1.29 is 9.53 Å². The van der Waals surface area contributed by atoms with Gasteiger partial charge in [-0.2, -0.15) is 0 Å². The van der Waals surface area contributed by atoms with Crippen molar-refractivity contribution in [1.82, 2.24) is 9.47 Å². The van der Waals surface area contributed by atoms with Crippen LogP contribution in [0.5, 0.6) is 5.75 Å². The van der Waals surface area contributed by atoms with Crippen molar-refractivity contribution >= 4 is 28.4 Å². The minimum Gasteiger partial charge on any atom is -0.490 e. The predicted octanol–water partition coefficient (Wildman–Crippen LogP) is 3.92. The molecule has 3 rings (SSSR count). The molecule has 0 unspecified atom stereocenters. The van der Waals surface area contributed by atoms with Gasteiger partial charge in [-0.25, -0.2) is 0 Å². The zero-order valence-electron chi connectivity index (χ0n) is 13.7. The molecule has 0 aliphatic heterocycles. The highest BCUT2D eigenvalue weighted by Gasteiger charge is 2.16. The minimum absolute atomic E-state index is 0.0922. The number of likely N-dealkylation sites (N-methyl/N-ethyl adjacent to an activating group) is 1. The molecule has 4 nitrogen and oxygen atoms in total. The second-order valence-corrected chi connectivity index (χ2v) is 6.28. The first-order chi connectivity index (χ1) is 11.6. The van der Waals surface area contributed by atoms with E-state index in [9.17, 15) is 4.79 Å². The lowest BCUT2D eigenvalue weighted by Gasteiger charge is -2.10. The lowest BCUT2D eigenvalue weighted by atomic mass is 10.2. The lowest BCUT2D eigenvalue weighted by Crippen LogP contribution is -2.19. The van der Waals surface area contributed by atoms with E-state index in [-0.39, 0.29) is 5.91 Å². The van der Waals surface area contributed by atoms with Gasteiger partial charge in [-0.3, -0.25) is 9.36 Å². The van der Waals surface area contributed by atoms with Crippen molar-refractivity contribution in [3.8, 4) is 5.75 Å². The Bertz CT molecular complexity index is 856. The standard InChI is InChI=1S/C19H19ClN2O2/c1-21(2)10-11-24-18-13-22(17-9-8-15(20)12-16(17)18)19(23)14-6-4-3-5-7-14/h3-9,12-13H,10-11H2,1-2H3. The van der Waals surface area contributed by atoms with E-state index in [1.54, 1.807) is 29.0 Å². The Balaban J connectivity index is 2.00. The Labute approximate surface area is 146 Å².